The molecular formula is C16H24FN3O2. The van der Waals surface area contributed by atoms with Gasteiger partial charge in [0, 0.05) is 26.2 Å². The van der Waals surface area contributed by atoms with Crippen LogP contribution in [-0.2, 0) is 4.74 Å². The van der Waals surface area contributed by atoms with Crippen molar-refractivity contribution in [2.45, 2.75) is 26.4 Å². The summed E-state index contributed by atoms with van der Waals surface area (Å²) in [6.45, 7) is 8.92. The van der Waals surface area contributed by atoms with Gasteiger partial charge in [0.15, 0.2) is 0 Å². The third-order valence-electron chi connectivity index (χ3n) is 3.44. The summed E-state index contributed by atoms with van der Waals surface area (Å²) in [4.78, 5) is 16.3. The summed E-state index contributed by atoms with van der Waals surface area (Å²) in [5.74, 6) is -0.385. The van der Waals surface area contributed by atoms with Gasteiger partial charge in [-0.3, -0.25) is 5.32 Å². The quantitative estimate of drug-likeness (QED) is 0.912. The molecule has 0 unspecified atom stereocenters. The van der Waals surface area contributed by atoms with Gasteiger partial charge in [-0.05, 0) is 46.0 Å². The van der Waals surface area contributed by atoms with Crippen molar-refractivity contribution in [2.75, 3.05) is 43.4 Å². The Labute approximate surface area is 131 Å². The molecule has 0 spiro atoms. The van der Waals surface area contributed by atoms with Crippen LogP contribution in [0.2, 0.25) is 0 Å². The number of ether oxygens (including phenoxy) is 1. The van der Waals surface area contributed by atoms with E-state index in [0.29, 0.717) is 5.69 Å². The summed E-state index contributed by atoms with van der Waals surface area (Å²) in [5, 5.41) is 2.66. The second kappa shape index (κ2) is 6.52. The van der Waals surface area contributed by atoms with Gasteiger partial charge in [0.05, 0.1) is 11.4 Å². The summed E-state index contributed by atoms with van der Waals surface area (Å²) in [5.41, 5.74) is 0.671. The van der Waals surface area contributed by atoms with Crippen molar-refractivity contribution in [3.63, 3.8) is 0 Å². The van der Waals surface area contributed by atoms with Gasteiger partial charge >= 0.3 is 6.09 Å². The Kier molecular flexibility index (Phi) is 4.90. The van der Waals surface area contributed by atoms with Crippen LogP contribution in [0, 0.1) is 5.82 Å². The fourth-order valence-corrected chi connectivity index (χ4v) is 2.35. The molecule has 6 heteroatoms. The van der Waals surface area contributed by atoms with Crippen molar-refractivity contribution in [3.05, 3.63) is 24.0 Å². The molecule has 1 heterocycles. The van der Waals surface area contributed by atoms with Crippen molar-refractivity contribution in [2.24, 2.45) is 0 Å². The Bertz CT molecular complexity index is 535. The minimum atomic E-state index is -0.592. The zero-order chi connectivity index (χ0) is 16.3. The first-order chi connectivity index (χ1) is 10.2. The van der Waals surface area contributed by atoms with E-state index < -0.39 is 11.7 Å². The number of anilines is 2. The molecule has 1 amide bonds. The number of nitrogens with zero attached hydrogens (tertiary/aromatic N) is 2. The highest BCUT2D eigenvalue weighted by atomic mass is 19.1. The summed E-state index contributed by atoms with van der Waals surface area (Å²) in [6, 6.07) is 4.44. The normalized spacial score (nSPS) is 16.5. The molecule has 122 valence electrons. The number of halogens is 1. The highest BCUT2D eigenvalue weighted by molar-refractivity contribution is 5.90. The number of amides is 1. The van der Waals surface area contributed by atoms with Crippen LogP contribution in [0.4, 0.5) is 20.6 Å². The summed E-state index contributed by atoms with van der Waals surface area (Å²) < 4.78 is 18.8. The van der Waals surface area contributed by atoms with Crippen molar-refractivity contribution in [1.82, 2.24) is 4.90 Å². The minimum Gasteiger partial charge on any atom is -0.444 e. The van der Waals surface area contributed by atoms with E-state index in [0.717, 1.165) is 31.9 Å². The molecule has 1 aliphatic heterocycles. The summed E-state index contributed by atoms with van der Waals surface area (Å²) in [6.07, 6.45) is -0.575. The fraction of sp³-hybridized carbons (Fsp3) is 0.562. The monoisotopic (exact) mass is 309 g/mol. The van der Waals surface area contributed by atoms with Crippen LogP contribution in [0.25, 0.3) is 0 Å². The first-order valence-corrected chi connectivity index (χ1v) is 7.48. The molecule has 1 N–H and O–H groups in total. The van der Waals surface area contributed by atoms with Gasteiger partial charge in [-0.2, -0.15) is 0 Å². The van der Waals surface area contributed by atoms with Crippen molar-refractivity contribution in [3.8, 4) is 0 Å². The van der Waals surface area contributed by atoms with Crippen LogP contribution in [0.5, 0.6) is 0 Å². The third-order valence-corrected chi connectivity index (χ3v) is 3.44. The minimum absolute atomic E-state index is 0.385. The lowest BCUT2D eigenvalue weighted by Gasteiger charge is -2.35. The first kappa shape index (κ1) is 16.5. The van der Waals surface area contributed by atoms with Crippen LogP contribution in [-0.4, -0.2) is 49.8 Å². The predicted octanol–water partition coefficient (Wildman–Crippen LogP) is 2.92. The van der Waals surface area contributed by atoms with Crippen LogP contribution in [0.15, 0.2) is 18.2 Å². The number of benzene rings is 1. The van der Waals surface area contributed by atoms with Crippen molar-refractivity contribution in [1.29, 1.82) is 0 Å². The van der Waals surface area contributed by atoms with Gasteiger partial charge in [0.1, 0.15) is 11.4 Å². The second-order valence-electron chi connectivity index (χ2n) is 6.58. The van der Waals surface area contributed by atoms with Crippen LogP contribution < -0.4 is 10.2 Å². The lowest BCUT2D eigenvalue weighted by Crippen LogP contribution is -2.44. The number of carbonyl (C=O) groups excluding carboxylic acids is 1. The SMILES string of the molecule is CN1CCN(c2ccc(F)cc2NC(=O)OC(C)(C)C)CC1. The highest BCUT2D eigenvalue weighted by Gasteiger charge is 2.21. The first-order valence-electron chi connectivity index (χ1n) is 7.48. The number of nitrogens with one attached hydrogen (secondary N) is 1. The average Bonchev–Trinajstić information content (AvgIpc) is 2.38. The van der Waals surface area contributed by atoms with Crippen LogP contribution >= 0.6 is 0 Å². The Morgan fingerprint density at radius 1 is 1.23 bits per heavy atom. The molecule has 1 aliphatic rings. The number of hydrogen-bond donors (Lipinski definition) is 1. The lowest BCUT2D eigenvalue weighted by molar-refractivity contribution is 0.0636. The van der Waals surface area contributed by atoms with Gasteiger partial charge < -0.3 is 14.5 Å². The molecule has 1 aromatic rings. The topological polar surface area (TPSA) is 44.8 Å². The maximum atomic E-state index is 13.5. The zero-order valence-corrected chi connectivity index (χ0v) is 13.6. The molecule has 5 nitrogen and oxygen atoms in total. The Morgan fingerprint density at radius 3 is 2.45 bits per heavy atom. The van der Waals surface area contributed by atoms with E-state index in [1.165, 1.54) is 12.1 Å². The number of hydrogen-bond acceptors (Lipinski definition) is 4. The largest absolute Gasteiger partial charge is 0.444 e. The lowest BCUT2D eigenvalue weighted by atomic mass is 10.2. The molecule has 0 radical (unpaired) electrons. The molecule has 2 rings (SSSR count). The molecule has 0 aromatic heterocycles. The maximum Gasteiger partial charge on any atom is 0.412 e. The number of carbonyl (C=O) groups is 1. The van der Waals surface area contributed by atoms with E-state index in [1.807, 2.05) is 0 Å². The predicted molar refractivity (Wildman–Crippen MR) is 86.0 cm³/mol. The highest BCUT2D eigenvalue weighted by Crippen LogP contribution is 2.28. The standard InChI is InChI=1S/C16H24FN3O2/c1-16(2,3)22-15(21)18-13-11-12(17)5-6-14(13)20-9-7-19(4)8-10-20/h5-6,11H,7-10H2,1-4H3,(H,18,21). The van der Waals surface area contributed by atoms with Gasteiger partial charge in [0.25, 0.3) is 0 Å². The Balaban J connectivity index is 2.16. The Hall–Kier alpha value is -1.82. The summed E-state index contributed by atoms with van der Waals surface area (Å²) >= 11 is 0. The summed E-state index contributed by atoms with van der Waals surface area (Å²) in [7, 11) is 2.07. The van der Waals surface area contributed by atoms with Crippen molar-refractivity contribution < 1.29 is 13.9 Å². The van der Waals surface area contributed by atoms with E-state index in [1.54, 1.807) is 26.8 Å². The molecule has 22 heavy (non-hydrogen) atoms. The van der Waals surface area contributed by atoms with Gasteiger partial charge in [0.2, 0.25) is 0 Å². The van der Waals surface area contributed by atoms with Gasteiger partial charge in [-0.1, -0.05) is 0 Å². The number of likely N-dealkylation sites (N-methyl/N-ethyl adjacent to an activating group) is 1. The molecule has 0 atom stereocenters. The smallest absolute Gasteiger partial charge is 0.412 e. The fourth-order valence-electron chi connectivity index (χ4n) is 2.35. The van der Waals surface area contributed by atoms with Crippen LogP contribution in [0.3, 0.4) is 0 Å². The molecule has 1 aromatic carbocycles. The number of rotatable bonds is 2. The molecule has 1 saturated heterocycles. The van der Waals surface area contributed by atoms with E-state index in [9.17, 15) is 9.18 Å². The van der Waals surface area contributed by atoms with E-state index in [4.69, 9.17) is 4.74 Å². The van der Waals surface area contributed by atoms with Gasteiger partial charge in [-0.15, -0.1) is 0 Å². The molecule has 0 saturated carbocycles. The maximum absolute atomic E-state index is 13.5. The van der Waals surface area contributed by atoms with E-state index >= 15 is 0 Å². The molecule has 0 aliphatic carbocycles. The molecule has 1 fully saturated rings. The van der Waals surface area contributed by atoms with Crippen LogP contribution in [0.1, 0.15) is 20.8 Å². The van der Waals surface area contributed by atoms with Gasteiger partial charge in [-0.25, -0.2) is 9.18 Å². The van der Waals surface area contributed by atoms with E-state index in [2.05, 4.69) is 22.2 Å². The van der Waals surface area contributed by atoms with E-state index in [-0.39, 0.29) is 5.82 Å². The molecule has 0 bridgehead atoms. The average molecular weight is 309 g/mol. The zero-order valence-electron chi connectivity index (χ0n) is 13.6. The number of piperazine rings is 1. The Morgan fingerprint density at radius 2 is 1.86 bits per heavy atom. The third kappa shape index (κ3) is 4.59. The second-order valence-corrected chi connectivity index (χ2v) is 6.58. The molecular weight excluding hydrogens is 285 g/mol. The van der Waals surface area contributed by atoms with Crippen molar-refractivity contribution >= 4 is 17.5 Å².